The lowest BCUT2D eigenvalue weighted by molar-refractivity contribution is -0.144. The molecule has 0 atom stereocenters. The molecule has 2 aromatic rings. The first-order chi connectivity index (χ1) is 8.89. The maximum absolute atomic E-state index is 12.8. The molecule has 0 saturated heterocycles. The summed E-state index contributed by atoms with van der Waals surface area (Å²) in [6.45, 7) is -0.277. The average molecular weight is 289 g/mol. The van der Waals surface area contributed by atoms with Crippen LogP contribution in [0.5, 0.6) is 0 Å². The van der Waals surface area contributed by atoms with Gasteiger partial charge in [0, 0.05) is 17.8 Å². The number of hydrogen-bond acceptors (Lipinski definition) is 2. The average Bonchev–Trinajstić information content (AvgIpc) is 2.33. The minimum Gasteiger partial charge on any atom is -0.300 e. The Hall–Kier alpha value is -1.82. The van der Waals surface area contributed by atoms with Gasteiger partial charge in [0.15, 0.2) is 0 Å². The zero-order valence-corrected chi connectivity index (χ0v) is 10.2. The van der Waals surface area contributed by atoms with Gasteiger partial charge in [-0.2, -0.15) is 13.2 Å². The topological polar surface area (TPSA) is 34.9 Å². The number of pyridine rings is 2. The van der Waals surface area contributed by atoms with Crippen LogP contribution in [0.3, 0.4) is 0 Å². The minimum atomic E-state index is -4.60. The highest BCUT2D eigenvalue weighted by atomic mass is 35.5. The summed E-state index contributed by atoms with van der Waals surface area (Å²) in [6, 6.07) is 6.06. The van der Waals surface area contributed by atoms with Gasteiger partial charge in [0.1, 0.15) is 10.8 Å². The largest absolute Gasteiger partial charge is 0.431 e. The number of aromatic nitrogens is 2. The molecule has 2 rings (SSSR count). The molecular weight excluding hydrogens is 281 g/mol. The third-order valence-corrected chi connectivity index (χ3v) is 2.85. The van der Waals surface area contributed by atoms with Crippen molar-refractivity contribution in [1.82, 2.24) is 9.55 Å². The first kappa shape index (κ1) is 13.6. The van der Waals surface area contributed by atoms with Crippen LogP contribution in [-0.2, 0) is 12.7 Å². The number of nitrogens with zero attached hydrogens (tertiary/aromatic N) is 2. The summed E-state index contributed by atoms with van der Waals surface area (Å²) in [5, 5.41) is 0.0753. The van der Waals surface area contributed by atoms with Crippen molar-refractivity contribution in [1.29, 1.82) is 0 Å². The normalized spacial score (nSPS) is 11.6. The van der Waals surface area contributed by atoms with Gasteiger partial charge in [0.2, 0.25) is 0 Å². The van der Waals surface area contributed by atoms with Gasteiger partial charge in [-0.15, -0.1) is 0 Å². The molecule has 2 aromatic heterocycles. The van der Waals surface area contributed by atoms with Crippen molar-refractivity contribution in [3.8, 4) is 0 Å². The van der Waals surface area contributed by atoms with Gasteiger partial charge >= 0.3 is 6.18 Å². The van der Waals surface area contributed by atoms with Crippen molar-refractivity contribution in [2.75, 3.05) is 0 Å². The predicted molar refractivity (Wildman–Crippen MR) is 64.1 cm³/mol. The fraction of sp³-hybridized carbons (Fsp3) is 0.167. The summed E-state index contributed by atoms with van der Waals surface area (Å²) in [5.41, 5.74) is -1.40. The highest BCUT2D eigenvalue weighted by molar-refractivity contribution is 6.30. The molecule has 0 N–H and O–H groups in total. The Kier molecular flexibility index (Phi) is 3.61. The number of rotatable bonds is 2. The van der Waals surface area contributed by atoms with Crippen LogP contribution in [0.15, 0.2) is 41.3 Å². The first-order valence-corrected chi connectivity index (χ1v) is 5.64. The summed E-state index contributed by atoms with van der Waals surface area (Å²) in [4.78, 5) is 15.4. The smallest absolute Gasteiger partial charge is 0.300 e. The molecule has 2 heterocycles. The highest BCUT2D eigenvalue weighted by Gasteiger charge is 2.34. The minimum absolute atomic E-state index is 0.0753. The van der Waals surface area contributed by atoms with Crippen LogP contribution in [0.2, 0.25) is 5.15 Å². The third-order valence-electron chi connectivity index (χ3n) is 2.50. The van der Waals surface area contributed by atoms with Gasteiger partial charge in [-0.05, 0) is 12.1 Å². The number of halogens is 4. The van der Waals surface area contributed by atoms with E-state index in [1.807, 2.05) is 0 Å². The Bertz CT molecular complexity index is 652. The van der Waals surface area contributed by atoms with Crippen molar-refractivity contribution < 1.29 is 13.2 Å². The molecule has 0 aliphatic heterocycles. The van der Waals surface area contributed by atoms with Crippen molar-refractivity contribution in [2.45, 2.75) is 12.7 Å². The van der Waals surface area contributed by atoms with E-state index in [0.29, 0.717) is 10.1 Å². The van der Waals surface area contributed by atoms with Gasteiger partial charge in [-0.1, -0.05) is 23.7 Å². The van der Waals surface area contributed by atoms with Crippen LogP contribution in [0.4, 0.5) is 13.2 Å². The highest BCUT2D eigenvalue weighted by Crippen LogP contribution is 2.28. The summed E-state index contributed by atoms with van der Waals surface area (Å²) in [6.07, 6.45) is -3.18. The van der Waals surface area contributed by atoms with Crippen LogP contribution < -0.4 is 5.56 Å². The van der Waals surface area contributed by atoms with E-state index < -0.39 is 17.4 Å². The molecule has 0 aliphatic carbocycles. The van der Waals surface area contributed by atoms with E-state index in [0.717, 1.165) is 18.2 Å². The molecule has 0 radical (unpaired) electrons. The van der Waals surface area contributed by atoms with Gasteiger partial charge < -0.3 is 0 Å². The Morgan fingerprint density at radius 1 is 1.21 bits per heavy atom. The summed E-state index contributed by atoms with van der Waals surface area (Å²) in [7, 11) is 0. The van der Waals surface area contributed by atoms with Gasteiger partial charge in [0.25, 0.3) is 5.56 Å². The van der Waals surface area contributed by atoms with Crippen LogP contribution in [-0.4, -0.2) is 9.55 Å². The standard InChI is InChI=1S/C12H8ClF3N2O/c13-11-8(3-2-6-17-11)7-18-9(12(14,15)16)4-1-5-10(18)19/h1-6H,7H2. The van der Waals surface area contributed by atoms with Gasteiger partial charge in [0.05, 0.1) is 6.54 Å². The quantitative estimate of drug-likeness (QED) is 0.796. The molecule has 0 bridgehead atoms. The molecule has 7 heteroatoms. The molecule has 0 fully saturated rings. The molecule has 0 saturated carbocycles. The summed E-state index contributed by atoms with van der Waals surface area (Å²) >= 11 is 5.79. The molecular formula is C12H8ClF3N2O. The van der Waals surface area contributed by atoms with Crippen molar-refractivity contribution in [3.05, 3.63) is 63.3 Å². The van der Waals surface area contributed by atoms with E-state index >= 15 is 0 Å². The second-order valence-corrected chi connectivity index (χ2v) is 4.14. The van der Waals surface area contributed by atoms with E-state index in [4.69, 9.17) is 11.6 Å². The lowest BCUT2D eigenvalue weighted by atomic mass is 10.2. The monoisotopic (exact) mass is 288 g/mol. The van der Waals surface area contributed by atoms with E-state index in [1.165, 1.54) is 12.3 Å². The maximum atomic E-state index is 12.8. The maximum Gasteiger partial charge on any atom is 0.431 e. The Balaban J connectivity index is 2.52. The Morgan fingerprint density at radius 3 is 2.58 bits per heavy atom. The SMILES string of the molecule is O=c1cccc(C(F)(F)F)n1Cc1cccnc1Cl. The molecule has 3 nitrogen and oxygen atoms in total. The van der Waals surface area contributed by atoms with E-state index in [-0.39, 0.29) is 11.7 Å². The van der Waals surface area contributed by atoms with Gasteiger partial charge in [-0.25, -0.2) is 4.98 Å². The second-order valence-electron chi connectivity index (χ2n) is 3.79. The van der Waals surface area contributed by atoms with E-state index in [9.17, 15) is 18.0 Å². The predicted octanol–water partition coefficient (Wildman–Crippen LogP) is 2.96. The summed E-state index contributed by atoms with van der Waals surface area (Å²) < 4.78 is 39.1. The van der Waals surface area contributed by atoms with E-state index in [1.54, 1.807) is 6.07 Å². The zero-order valence-electron chi connectivity index (χ0n) is 9.49. The van der Waals surface area contributed by atoms with Crippen molar-refractivity contribution in [2.24, 2.45) is 0 Å². The first-order valence-electron chi connectivity index (χ1n) is 5.26. The van der Waals surface area contributed by atoms with Crippen LogP contribution in [0, 0.1) is 0 Å². The van der Waals surface area contributed by atoms with Crippen LogP contribution >= 0.6 is 11.6 Å². The lowest BCUT2D eigenvalue weighted by Gasteiger charge is -2.15. The molecule has 0 amide bonds. The molecule has 0 aliphatic rings. The van der Waals surface area contributed by atoms with E-state index in [2.05, 4.69) is 4.98 Å². The molecule has 19 heavy (non-hydrogen) atoms. The number of hydrogen-bond donors (Lipinski definition) is 0. The van der Waals surface area contributed by atoms with Crippen LogP contribution in [0.25, 0.3) is 0 Å². The zero-order chi connectivity index (χ0) is 14.0. The fourth-order valence-corrected chi connectivity index (χ4v) is 1.82. The molecule has 0 aromatic carbocycles. The molecule has 0 spiro atoms. The van der Waals surface area contributed by atoms with Crippen molar-refractivity contribution in [3.63, 3.8) is 0 Å². The lowest BCUT2D eigenvalue weighted by Crippen LogP contribution is -2.27. The molecule has 100 valence electrons. The number of alkyl halides is 3. The Morgan fingerprint density at radius 2 is 1.95 bits per heavy atom. The van der Waals surface area contributed by atoms with Gasteiger partial charge in [-0.3, -0.25) is 9.36 Å². The second kappa shape index (κ2) is 5.05. The van der Waals surface area contributed by atoms with Crippen LogP contribution in [0.1, 0.15) is 11.3 Å². The summed E-state index contributed by atoms with van der Waals surface area (Å²) in [5.74, 6) is 0. The Labute approximate surface area is 111 Å². The van der Waals surface area contributed by atoms with Crippen molar-refractivity contribution >= 4 is 11.6 Å². The third kappa shape index (κ3) is 2.96. The molecule has 0 unspecified atom stereocenters. The fourth-order valence-electron chi connectivity index (χ4n) is 1.64.